The molecule has 0 aromatic heterocycles. The summed E-state index contributed by atoms with van der Waals surface area (Å²) in [6, 6.07) is 0. The molecule has 0 radical (unpaired) electrons. The highest BCUT2D eigenvalue weighted by Crippen LogP contribution is 2.13. The highest BCUT2D eigenvalue weighted by atomic mass is 16.7. The summed E-state index contributed by atoms with van der Waals surface area (Å²) >= 11 is 0. The Morgan fingerprint density at radius 3 is 2.62 bits per heavy atom. The van der Waals surface area contributed by atoms with E-state index in [4.69, 9.17) is 14.2 Å². The molecule has 92 valence electrons. The molecule has 1 heterocycles. The number of rotatable bonds is 5. The van der Waals surface area contributed by atoms with E-state index in [0.717, 1.165) is 6.42 Å². The first-order valence-electron chi connectivity index (χ1n) is 5.66. The zero-order chi connectivity index (χ0) is 12.0. The van der Waals surface area contributed by atoms with Crippen LogP contribution in [0.25, 0.3) is 0 Å². The van der Waals surface area contributed by atoms with Crippen LogP contribution in [0.2, 0.25) is 0 Å². The summed E-state index contributed by atoms with van der Waals surface area (Å²) in [7, 11) is 0. The molecule has 1 fully saturated rings. The molecular weight excluding hydrogens is 208 g/mol. The van der Waals surface area contributed by atoms with Gasteiger partial charge >= 0.3 is 5.97 Å². The molecule has 4 nitrogen and oxygen atoms in total. The van der Waals surface area contributed by atoms with Crippen LogP contribution in [0.1, 0.15) is 27.2 Å². The van der Waals surface area contributed by atoms with Gasteiger partial charge in [-0.25, -0.2) is 0 Å². The van der Waals surface area contributed by atoms with Crippen molar-refractivity contribution >= 4 is 5.97 Å². The Labute approximate surface area is 96.6 Å². The maximum atomic E-state index is 10.8. The maximum absolute atomic E-state index is 10.8. The zero-order valence-electron chi connectivity index (χ0n) is 10.1. The van der Waals surface area contributed by atoms with Gasteiger partial charge in [-0.05, 0) is 25.3 Å². The normalized spacial score (nSPS) is 21.2. The van der Waals surface area contributed by atoms with Crippen molar-refractivity contribution in [1.29, 1.82) is 0 Å². The van der Waals surface area contributed by atoms with E-state index in [9.17, 15) is 4.79 Å². The first-order chi connectivity index (χ1) is 7.59. The lowest BCUT2D eigenvalue weighted by Gasteiger charge is -2.18. The Kier molecular flexibility index (Phi) is 5.49. The van der Waals surface area contributed by atoms with Gasteiger partial charge in [-0.3, -0.25) is 4.79 Å². The van der Waals surface area contributed by atoms with Crippen molar-refractivity contribution in [2.45, 2.75) is 39.6 Å². The Hall–Kier alpha value is -0.870. The van der Waals surface area contributed by atoms with Crippen LogP contribution in [0.15, 0.2) is 12.2 Å². The minimum atomic E-state index is -0.231. The third kappa shape index (κ3) is 4.77. The Morgan fingerprint density at radius 2 is 2.06 bits per heavy atom. The molecule has 0 amide bonds. The summed E-state index contributed by atoms with van der Waals surface area (Å²) in [6.45, 7) is 6.71. The summed E-state index contributed by atoms with van der Waals surface area (Å²) in [4.78, 5) is 10.8. The van der Waals surface area contributed by atoms with Crippen molar-refractivity contribution in [3.63, 3.8) is 0 Å². The van der Waals surface area contributed by atoms with Crippen molar-refractivity contribution in [2.75, 3.05) is 13.2 Å². The van der Waals surface area contributed by atoms with Crippen LogP contribution in [-0.2, 0) is 19.0 Å². The van der Waals surface area contributed by atoms with Gasteiger partial charge in [0.1, 0.15) is 6.10 Å². The van der Waals surface area contributed by atoms with Gasteiger partial charge in [0, 0.05) is 6.92 Å². The predicted octanol–water partition coefficient (Wildman–Crippen LogP) is 1.89. The van der Waals surface area contributed by atoms with Crippen LogP contribution in [-0.4, -0.2) is 31.6 Å². The molecule has 0 saturated carbocycles. The first kappa shape index (κ1) is 13.2. The average molecular weight is 228 g/mol. The summed E-state index contributed by atoms with van der Waals surface area (Å²) < 4.78 is 15.6. The topological polar surface area (TPSA) is 44.8 Å². The second-order valence-electron chi connectivity index (χ2n) is 4.07. The zero-order valence-corrected chi connectivity index (χ0v) is 10.1. The Bertz CT molecular complexity index is 243. The van der Waals surface area contributed by atoms with Crippen molar-refractivity contribution in [1.82, 2.24) is 0 Å². The molecule has 0 aliphatic carbocycles. The fraction of sp³-hybridized carbons (Fsp3) is 0.750. The second-order valence-corrected chi connectivity index (χ2v) is 4.07. The van der Waals surface area contributed by atoms with Gasteiger partial charge < -0.3 is 14.2 Å². The average Bonchev–Trinajstić information content (AvgIpc) is 2.69. The summed E-state index contributed by atoms with van der Waals surface area (Å²) in [5.41, 5.74) is 0. The van der Waals surface area contributed by atoms with Crippen LogP contribution in [0.5, 0.6) is 0 Å². The minimum absolute atomic E-state index is 0.0624. The Balaban J connectivity index is 2.22. The lowest BCUT2D eigenvalue weighted by atomic mass is 10.0. The highest BCUT2D eigenvalue weighted by Gasteiger charge is 2.15. The third-order valence-electron chi connectivity index (χ3n) is 2.60. The van der Waals surface area contributed by atoms with Crippen LogP contribution in [0.4, 0.5) is 0 Å². The van der Waals surface area contributed by atoms with Gasteiger partial charge in [-0.2, -0.15) is 0 Å². The van der Waals surface area contributed by atoms with Crippen LogP contribution >= 0.6 is 0 Å². The molecule has 1 aliphatic heterocycles. The monoisotopic (exact) mass is 228 g/mol. The first-order valence-corrected chi connectivity index (χ1v) is 5.66. The lowest BCUT2D eigenvalue weighted by Crippen LogP contribution is -2.20. The van der Waals surface area contributed by atoms with Crippen molar-refractivity contribution < 1.29 is 19.0 Å². The molecule has 1 rings (SSSR count). The number of allylic oxidation sites excluding steroid dienone is 1. The number of carbonyl (C=O) groups excluding carboxylic acids is 1. The highest BCUT2D eigenvalue weighted by molar-refractivity contribution is 5.66. The molecule has 0 bridgehead atoms. The van der Waals surface area contributed by atoms with E-state index in [1.807, 2.05) is 26.0 Å². The van der Waals surface area contributed by atoms with Gasteiger partial charge in [0.05, 0.1) is 13.2 Å². The molecule has 4 heteroatoms. The summed E-state index contributed by atoms with van der Waals surface area (Å²) in [5, 5.41) is 0. The van der Waals surface area contributed by atoms with Crippen molar-refractivity contribution in [3.8, 4) is 0 Å². The molecule has 16 heavy (non-hydrogen) atoms. The molecule has 1 saturated heterocycles. The number of hydrogen-bond acceptors (Lipinski definition) is 4. The molecule has 0 aromatic rings. The van der Waals surface area contributed by atoms with Crippen LogP contribution in [0.3, 0.4) is 0 Å². The number of esters is 1. The second kappa shape index (κ2) is 6.66. The van der Waals surface area contributed by atoms with E-state index >= 15 is 0 Å². The van der Waals surface area contributed by atoms with Gasteiger partial charge in [0.25, 0.3) is 0 Å². The minimum Gasteiger partial charge on any atom is -0.463 e. The fourth-order valence-electron chi connectivity index (χ4n) is 1.46. The molecule has 0 spiro atoms. The number of carbonyl (C=O) groups is 1. The quantitative estimate of drug-likeness (QED) is 0.532. The third-order valence-corrected chi connectivity index (χ3v) is 2.60. The molecular formula is C12H20O4. The fourth-order valence-corrected chi connectivity index (χ4v) is 1.46. The van der Waals surface area contributed by atoms with Gasteiger partial charge in [0.2, 0.25) is 0 Å². The maximum Gasteiger partial charge on any atom is 0.302 e. The number of ether oxygens (including phenoxy) is 3. The molecule has 2 atom stereocenters. The number of hydrogen-bond donors (Lipinski definition) is 0. The van der Waals surface area contributed by atoms with Crippen molar-refractivity contribution in [3.05, 3.63) is 12.2 Å². The molecule has 1 aliphatic rings. The van der Waals surface area contributed by atoms with Gasteiger partial charge in [-0.15, -0.1) is 0 Å². The van der Waals surface area contributed by atoms with Crippen LogP contribution in [0, 0.1) is 5.92 Å². The molecule has 2 unspecified atom stereocenters. The SMILES string of the molecule is CC(=O)OC(C)C(C)CC=CC1OCCO1. The standard InChI is InChI=1S/C12H20O4/c1-9(10(2)16-11(3)13)5-4-6-12-14-7-8-15-12/h4,6,9-10,12H,5,7-8H2,1-3H3. The van der Waals surface area contributed by atoms with E-state index in [1.54, 1.807) is 0 Å². The van der Waals surface area contributed by atoms with E-state index in [1.165, 1.54) is 6.92 Å². The van der Waals surface area contributed by atoms with Crippen LogP contribution < -0.4 is 0 Å². The van der Waals surface area contributed by atoms with E-state index < -0.39 is 0 Å². The van der Waals surface area contributed by atoms with E-state index in [0.29, 0.717) is 19.1 Å². The van der Waals surface area contributed by atoms with Crippen molar-refractivity contribution in [2.24, 2.45) is 5.92 Å². The smallest absolute Gasteiger partial charge is 0.302 e. The summed E-state index contributed by atoms with van der Waals surface area (Å²) in [5.74, 6) is 0.0624. The van der Waals surface area contributed by atoms with Gasteiger partial charge in [-0.1, -0.05) is 13.0 Å². The van der Waals surface area contributed by atoms with Gasteiger partial charge in [0.15, 0.2) is 6.29 Å². The lowest BCUT2D eigenvalue weighted by molar-refractivity contribution is -0.147. The molecule has 0 N–H and O–H groups in total. The van der Waals surface area contributed by atoms with E-state index in [2.05, 4.69) is 0 Å². The largest absolute Gasteiger partial charge is 0.463 e. The molecule has 0 aromatic carbocycles. The summed E-state index contributed by atoms with van der Waals surface area (Å²) in [6.07, 6.45) is 4.51. The van der Waals surface area contributed by atoms with E-state index in [-0.39, 0.29) is 18.4 Å². The Morgan fingerprint density at radius 1 is 1.44 bits per heavy atom. The predicted molar refractivity (Wildman–Crippen MR) is 59.8 cm³/mol.